The van der Waals surface area contributed by atoms with Crippen LogP contribution < -0.4 is 5.56 Å². The van der Waals surface area contributed by atoms with E-state index in [4.69, 9.17) is 0 Å². The Bertz CT molecular complexity index is 382. The monoisotopic (exact) mass is 194 g/mol. The first-order valence-corrected chi connectivity index (χ1v) is 4.88. The van der Waals surface area contributed by atoms with Crippen molar-refractivity contribution in [2.24, 2.45) is 5.92 Å². The Morgan fingerprint density at radius 3 is 3.07 bits per heavy atom. The van der Waals surface area contributed by atoms with Crippen LogP contribution in [-0.4, -0.2) is 20.8 Å². The quantitative estimate of drug-likeness (QED) is 0.754. The topological polar surface area (TPSA) is 55.1 Å². The number of aromatic nitrogens is 2. The van der Waals surface area contributed by atoms with Gasteiger partial charge in [0, 0.05) is 12.4 Å². The molecule has 1 atom stereocenters. The Balaban J connectivity index is 2.15. The van der Waals surface area contributed by atoms with E-state index in [0.717, 1.165) is 12.8 Å². The van der Waals surface area contributed by atoms with E-state index in [1.54, 1.807) is 19.3 Å². The molecule has 0 saturated heterocycles. The molecule has 0 bridgehead atoms. The van der Waals surface area contributed by atoms with Crippen LogP contribution in [0.4, 0.5) is 0 Å². The van der Waals surface area contributed by atoms with E-state index >= 15 is 0 Å². The third-order valence-corrected chi connectivity index (χ3v) is 2.64. The molecule has 0 radical (unpaired) electrons. The largest absolute Gasteiger partial charge is 0.391 e. The standard InChI is InChI=1S/C10H14N2O2/c1-7-10(14)12(5-4-11-7)6-9(13)8-2-3-8/h4-5,8-9,13H,2-3,6H2,1H3. The number of aryl methyl sites for hydroxylation is 1. The lowest BCUT2D eigenvalue weighted by Crippen LogP contribution is -2.29. The Hall–Kier alpha value is -1.16. The van der Waals surface area contributed by atoms with E-state index < -0.39 is 0 Å². The Morgan fingerprint density at radius 2 is 2.43 bits per heavy atom. The van der Waals surface area contributed by atoms with Crippen LogP contribution in [0.15, 0.2) is 17.2 Å². The highest BCUT2D eigenvalue weighted by Crippen LogP contribution is 2.32. The predicted molar refractivity (Wildman–Crippen MR) is 52.0 cm³/mol. The predicted octanol–water partition coefficient (Wildman–Crippen LogP) is 0.323. The maximum absolute atomic E-state index is 11.5. The molecule has 0 aliphatic heterocycles. The maximum Gasteiger partial charge on any atom is 0.272 e. The Morgan fingerprint density at radius 1 is 1.71 bits per heavy atom. The summed E-state index contributed by atoms with van der Waals surface area (Å²) in [6, 6.07) is 0. The number of hydrogen-bond donors (Lipinski definition) is 1. The SMILES string of the molecule is Cc1nccn(CC(O)C2CC2)c1=O. The molecule has 0 spiro atoms. The smallest absolute Gasteiger partial charge is 0.272 e. The molecular weight excluding hydrogens is 180 g/mol. The summed E-state index contributed by atoms with van der Waals surface area (Å²) < 4.78 is 1.53. The van der Waals surface area contributed by atoms with Crippen molar-refractivity contribution in [3.8, 4) is 0 Å². The van der Waals surface area contributed by atoms with Crippen molar-refractivity contribution in [3.05, 3.63) is 28.4 Å². The second-order valence-corrected chi connectivity index (χ2v) is 3.87. The number of nitrogens with zero attached hydrogens (tertiary/aromatic N) is 2. The van der Waals surface area contributed by atoms with Crippen molar-refractivity contribution in [1.29, 1.82) is 0 Å². The third kappa shape index (κ3) is 1.85. The summed E-state index contributed by atoms with van der Waals surface area (Å²) >= 11 is 0. The van der Waals surface area contributed by atoms with E-state index in [0.29, 0.717) is 18.2 Å². The van der Waals surface area contributed by atoms with Crippen molar-refractivity contribution in [1.82, 2.24) is 9.55 Å². The fourth-order valence-electron chi connectivity index (χ4n) is 1.53. The fourth-order valence-corrected chi connectivity index (χ4v) is 1.53. The van der Waals surface area contributed by atoms with Gasteiger partial charge in [0.25, 0.3) is 5.56 Å². The van der Waals surface area contributed by atoms with Crippen LogP contribution in [0.3, 0.4) is 0 Å². The zero-order chi connectivity index (χ0) is 10.1. The molecule has 76 valence electrons. The minimum atomic E-state index is -0.380. The fraction of sp³-hybridized carbons (Fsp3) is 0.600. The average molecular weight is 194 g/mol. The number of aliphatic hydroxyl groups is 1. The van der Waals surface area contributed by atoms with Crippen molar-refractivity contribution in [2.45, 2.75) is 32.4 Å². The Labute approximate surface area is 82.2 Å². The van der Waals surface area contributed by atoms with Crippen molar-refractivity contribution in [2.75, 3.05) is 0 Å². The van der Waals surface area contributed by atoms with E-state index in [2.05, 4.69) is 4.98 Å². The molecule has 1 aliphatic rings. The molecule has 0 amide bonds. The van der Waals surface area contributed by atoms with Gasteiger partial charge >= 0.3 is 0 Å². The zero-order valence-electron chi connectivity index (χ0n) is 8.18. The van der Waals surface area contributed by atoms with Crippen LogP contribution in [0.5, 0.6) is 0 Å². The molecule has 1 saturated carbocycles. The lowest BCUT2D eigenvalue weighted by atomic mass is 10.2. The Kier molecular flexibility index (Phi) is 2.37. The molecule has 1 aromatic rings. The van der Waals surface area contributed by atoms with Gasteiger partial charge in [-0.15, -0.1) is 0 Å². The lowest BCUT2D eigenvalue weighted by Gasteiger charge is -2.11. The van der Waals surface area contributed by atoms with Crippen molar-refractivity contribution in [3.63, 3.8) is 0 Å². The second kappa shape index (κ2) is 3.53. The van der Waals surface area contributed by atoms with Gasteiger partial charge < -0.3 is 9.67 Å². The molecule has 4 heteroatoms. The normalized spacial score (nSPS) is 18.1. The summed E-state index contributed by atoms with van der Waals surface area (Å²) in [7, 11) is 0. The van der Waals surface area contributed by atoms with Gasteiger partial charge in [-0.25, -0.2) is 0 Å². The summed E-state index contributed by atoms with van der Waals surface area (Å²) in [6.07, 6.45) is 5.01. The van der Waals surface area contributed by atoms with Crippen LogP contribution in [0.2, 0.25) is 0 Å². The highest BCUT2D eigenvalue weighted by Gasteiger charge is 2.29. The summed E-state index contributed by atoms with van der Waals surface area (Å²) in [5.74, 6) is 0.398. The molecule has 0 aromatic carbocycles. The van der Waals surface area contributed by atoms with E-state index in [1.165, 1.54) is 4.57 Å². The summed E-state index contributed by atoms with van der Waals surface area (Å²) in [5.41, 5.74) is 0.377. The van der Waals surface area contributed by atoms with E-state index in [9.17, 15) is 9.90 Å². The van der Waals surface area contributed by atoms with Gasteiger partial charge in [-0.3, -0.25) is 9.78 Å². The number of aliphatic hydroxyl groups excluding tert-OH is 1. The minimum Gasteiger partial charge on any atom is -0.391 e. The van der Waals surface area contributed by atoms with Crippen LogP contribution in [0.1, 0.15) is 18.5 Å². The van der Waals surface area contributed by atoms with Crippen LogP contribution in [0.25, 0.3) is 0 Å². The first kappa shape index (κ1) is 9.40. The highest BCUT2D eigenvalue weighted by molar-refractivity contribution is 4.95. The molecule has 1 unspecified atom stereocenters. The summed E-state index contributed by atoms with van der Waals surface area (Å²) in [6.45, 7) is 2.08. The molecule has 2 rings (SSSR count). The maximum atomic E-state index is 11.5. The van der Waals surface area contributed by atoms with E-state index in [1.807, 2.05) is 0 Å². The lowest BCUT2D eigenvalue weighted by molar-refractivity contribution is 0.130. The molecule has 1 heterocycles. The van der Waals surface area contributed by atoms with Gasteiger partial charge in [0.1, 0.15) is 5.69 Å². The molecule has 14 heavy (non-hydrogen) atoms. The zero-order valence-corrected chi connectivity index (χ0v) is 8.18. The molecule has 1 N–H and O–H groups in total. The van der Waals surface area contributed by atoms with Gasteiger partial charge in [-0.05, 0) is 25.7 Å². The van der Waals surface area contributed by atoms with Crippen LogP contribution >= 0.6 is 0 Å². The summed E-state index contributed by atoms with van der Waals surface area (Å²) in [4.78, 5) is 15.4. The van der Waals surface area contributed by atoms with Gasteiger partial charge in [-0.2, -0.15) is 0 Å². The van der Waals surface area contributed by atoms with Gasteiger partial charge in [-0.1, -0.05) is 0 Å². The number of hydrogen-bond acceptors (Lipinski definition) is 3. The van der Waals surface area contributed by atoms with Crippen LogP contribution in [-0.2, 0) is 6.54 Å². The molecular formula is C10H14N2O2. The van der Waals surface area contributed by atoms with Gasteiger partial charge in [0.2, 0.25) is 0 Å². The van der Waals surface area contributed by atoms with Crippen molar-refractivity contribution < 1.29 is 5.11 Å². The average Bonchev–Trinajstić information content (AvgIpc) is 2.95. The van der Waals surface area contributed by atoms with Crippen LogP contribution in [0, 0.1) is 12.8 Å². The van der Waals surface area contributed by atoms with Gasteiger partial charge in [0.15, 0.2) is 0 Å². The second-order valence-electron chi connectivity index (χ2n) is 3.87. The van der Waals surface area contributed by atoms with Gasteiger partial charge in [0.05, 0.1) is 12.6 Å². The number of rotatable bonds is 3. The third-order valence-electron chi connectivity index (χ3n) is 2.64. The molecule has 1 fully saturated rings. The first-order chi connectivity index (χ1) is 6.68. The minimum absolute atomic E-state index is 0.104. The summed E-state index contributed by atoms with van der Waals surface area (Å²) in [5, 5.41) is 9.68. The highest BCUT2D eigenvalue weighted by atomic mass is 16.3. The first-order valence-electron chi connectivity index (χ1n) is 4.88. The molecule has 1 aliphatic carbocycles. The molecule has 1 aromatic heterocycles. The van der Waals surface area contributed by atoms with E-state index in [-0.39, 0.29) is 11.7 Å². The molecule has 4 nitrogen and oxygen atoms in total. The van der Waals surface area contributed by atoms with Crippen molar-refractivity contribution >= 4 is 0 Å².